The van der Waals surface area contributed by atoms with Crippen LogP contribution in [0.5, 0.6) is 0 Å². The van der Waals surface area contributed by atoms with Gasteiger partial charge in [0, 0.05) is 72.5 Å². The van der Waals surface area contributed by atoms with Crippen molar-refractivity contribution in [3.63, 3.8) is 0 Å². The summed E-state index contributed by atoms with van der Waals surface area (Å²) in [6, 6.07) is 62.2. The summed E-state index contributed by atoms with van der Waals surface area (Å²) in [6.45, 7) is 0. The maximum Gasteiger partial charge on any atom is 0.116 e. The van der Waals surface area contributed by atoms with Crippen LogP contribution in [0.25, 0.3) is 122 Å². The molecule has 3 nitrogen and oxygen atoms in total. The Labute approximate surface area is 344 Å². The molecule has 0 fully saturated rings. The van der Waals surface area contributed by atoms with E-state index in [1.807, 2.05) is 22.7 Å². The Hall–Kier alpha value is -6.70. The molecule has 0 aliphatic carbocycles. The Morgan fingerprint density at radius 3 is 1.91 bits per heavy atom. The third-order valence-corrected chi connectivity index (χ3v) is 15.3. The van der Waals surface area contributed by atoms with Gasteiger partial charge in [0.1, 0.15) is 6.33 Å². The Bertz CT molecular complexity index is 3820. The van der Waals surface area contributed by atoms with E-state index in [0.29, 0.717) is 0 Å². The van der Waals surface area contributed by atoms with Gasteiger partial charge in [-0.1, -0.05) is 115 Å². The average Bonchev–Trinajstić information content (AvgIpc) is 4.05. The third kappa shape index (κ3) is 4.71. The summed E-state index contributed by atoms with van der Waals surface area (Å²) in [6.07, 6.45) is 1.73. The lowest BCUT2D eigenvalue weighted by Gasteiger charge is -2.11. The quantitative estimate of drug-likeness (QED) is 0.178. The first-order chi connectivity index (χ1) is 28.7. The van der Waals surface area contributed by atoms with E-state index in [2.05, 4.69) is 174 Å². The molecule has 58 heavy (non-hydrogen) atoms. The number of thiophene rings is 3. The molecule has 0 N–H and O–H groups in total. The second-order valence-corrected chi connectivity index (χ2v) is 18.1. The molecule has 0 saturated carbocycles. The van der Waals surface area contributed by atoms with Crippen molar-refractivity contribution < 1.29 is 0 Å². The zero-order valence-corrected chi connectivity index (χ0v) is 33.3. The van der Waals surface area contributed by atoms with Crippen molar-refractivity contribution in [1.29, 1.82) is 0 Å². The van der Waals surface area contributed by atoms with Crippen LogP contribution in [0, 0.1) is 0 Å². The monoisotopic (exact) mass is 791 g/mol. The largest absolute Gasteiger partial charge is 0.309 e. The zero-order chi connectivity index (χ0) is 37.9. The highest BCUT2D eigenvalue weighted by molar-refractivity contribution is 7.27. The molecule has 0 radical (unpaired) electrons. The van der Waals surface area contributed by atoms with E-state index < -0.39 is 0 Å². The number of nitrogens with zero attached hydrogens (tertiary/aromatic N) is 3. The number of fused-ring (bicyclic) bond motifs is 13. The molecule has 13 rings (SSSR count). The van der Waals surface area contributed by atoms with Crippen LogP contribution in [0.1, 0.15) is 0 Å². The summed E-state index contributed by atoms with van der Waals surface area (Å²) in [7, 11) is 0. The number of hydrogen-bond acceptors (Lipinski definition) is 5. The van der Waals surface area contributed by atoms with Crippen LogP contribution in [0.4, 0.5) is 0 Å². The molecular formula is C52H29N3S3. The van der Waals surface area contributed by atoms with Crippen molar-refractivity contribution in [1.82, 2.24) is 14.5 Å². The summed E-state index contributed by atoms with van der Waals surface area (Å²) in [4.78, 5) is 9.81. The smallest absolute Gasteiger partial charge is 0.116 e. The van der Waals surface area contributed by atoms with Gasteiger partial charge >= 0.3 is 0 Å². The van der Waals surface area contributed by atoms with Crippen LogP contribution < -0.4 is 0 Å². The van der Waals surface area contributed by atoms with E-state index in [0.717, 1.165) is 32.5 Å². The minimum atomic E-state index is 0.972. The molecule has 5 heterocycles. The van der Waals surface area contributed by atoms with Crippen LogP contribution >= 0.6 is 34.0 Å². The van der Waals surface area contributed by atoms with E-state index in [-0.39, 0.29) is 0 Å². The molecular weight excluding hydrogens is 763 g/mol. The molecule has 270 valence electrons. The number of benzene rings is 8. The highest BCUT2D eigenvalue weighted by Gasteiger charge is 2.19. The van der Waals surface area contributed by atoms with Crippen LogP contribution in [0.2, 0.25) is 0 Å². The summed E-state index contributed by atoms with van der Waals surface area (Å²) in [5.41, 5.74) is 11.4. The van der Waals surface area contributed by atoms with E-state index >= 15 is 0 Å². The van der Waals surface area contributed by atoms with Crippen molar-refractivity contribution in [2.24, 2.45) is 0 Å². The number of para-hydroxylation sites is 1. The topological polar surface area (TPSA) is 30.7 Å². The first-order valence-corrected chi connectivity index (χ1v) is 21.8. The fraction of sp³-hybridized carbons (Fsp3) is 0. The van der Waals surface area contributed by atoms with Gasteiger partial charge in [0.05, 0.1) is 26.9 Å². The first-order valence-electron chi connectivity index (χ1n) is 19.4. The van der Waals surface area contributed by atoms with Crippen LogP contribution in [0.15, 0.2) is 176 Å². The number of aromatic nitrogens is 3. The Morgan fingerprint density at radius 2 is 1.03 bits per heavy atom. The maximum atomic E-state index is 4.91. The molecule has 0 unspecified atom stereocenters. The van der Waals surface area contributed by atoms with E-state index in [1.165, 1.54) is 89.1 Å². The van der Waals surface area contributed by atoms with Crippen LogP contribution in [0.3, 0.4) is 0 Å². The molecule has 13 aromatic rings. The molecule has 0 aliphatic heterocycles. The standard InChI is InChI=1S/C52H29N3S3/c1-4-19-42-40(16-1)47-43(24-23-39-37-15-3-6-21-45(37)57-51(39)47)55(42)34-13-8-10-30(27-34)31-22-25-46-41(28-31)49-52(58-46)48(53-29-54-49)33-12-7-11-32(26-33)35-17-9-18-38-36-14-2-5-20-44(36)56-50(35)38/h1-29H. The van der Waals surface area contributed by atoms with Crippen molar-refractivity contribution in [2.45, 2.75) is 0 Å². The summed E-state index contributed by atoms with van der Waals surface area (Å²) < 4.78 is 10.1. The zero-order valence-electron chi connectivity index (χ0n) is 30.8. The average molecular weight is 792 g/mol. The van der Waals surface area contributed by atoms with Gasteiger partial charge in [-0.05, 0) is 76.9 Å². The number of hydrogen-bond donors (Lipinski definition) is 0. The van der Waals surface area contributed by atoms with E-state index in [9.17, 15) is 0 Å². The fourth-order valence-corrected chi connectivity index (χ4v) is 12.8. The molecule has 5 aromatic heterocycles. The van der Waals surface area contributed by atoms with Crippen LogP contribution in [-0.2, 0) is 0 Å². The Morgan fingerprint density at radius 1 is 0.379 bits per heavy atom. The highest BCUT2D eigenvalue weighted by Crippen LogP contribution is 2.45. The van der Waals surface area contributed by atoms with Gasteiger partial charge < -0.3 is 4.57 Å². The van der Waals surface area contributed by atoms with E-state index in [1.54, 1.807) is 17.7 Å². The van der Waals surface area contributed by atoms with Gasteiger partial charge in [-0.3, -0.25) is 0 Å². The lowest BCUT2D eigenvalue weighted by molar-refractivity contribution is 1.18. The minimum absolute atomic E-state index is 0.972. The van der Waals surface area contributed by atoms with Crippen LogP contribution in [-0.4, -0.2) is 14.5 Å². The van der Waals surface area contributed by atoms with Gasteiger partial charge in [0.2, 0.25) is 0 Å². The predicted molar refractivity (Wildman–Crippen MR) is 251 cm³/mol. The highest BCUT2D eigenvalue weighted by atomic mass is 32.1. The molecule has 8 aromatic carbocycles. The second-order valence-electron chi connectivity index (χ2n) is 14.9. The summed E-state index contributed by atoms with van der Waals surface area (Å²) >= 11 is 5.54. The Balaban J connectivity index is 0.924. The van der Waals surface area contributed by atoms with Gasteiger partial charge in [0.25, 0.3) is 0 Å². The predicted octanol–water partition coefficient (Wildman–Crippen LogP) is 15.7. The molecule has 0 spiro atoms. The normalized spacial score (nSPS) is 12.1. The summed E-state index contributed by atoms with van der Waals surface area (Å²) in [5.74, 6) is 0. The van der Waals surface area contributed by atoms with Gasteiger partial charge in [-0.15, -0.1) is 34.0 Å². The van der Waals surface area contributed by atoms with Gasteiger partial charge in [0.15, 0.2) is 0 Å². The third-order valence-electron chi connectivity index (χ3n) is 11.7. The Kier molecular flexibility index (Phi) is 6.92. The molecule has 0 atom stereocenters. The van der Waals surface area contributed by atoms with Gasteiger partial charge in [-0.25, -0.2) is 9.97 Å². The molecule has 0 aliphatic rings. The minimum Gasteiger partial charge on any atom is -0.309 e. The first kappa shape index (κ1) is 32.4. The second kappa shape index (κ2) is 12.4. The molecule has 0 saturated heterocycles. The fourth-order valence-electron chi connectivity index (χ4n) is 9.11. The summed E-state index contributed by atoms with van der Waals surface area (Å²) in [5, 5.41) is 9.03. The maximum absolute atomic E-state index is 4.91. The SMILES string of the molecule is c1cc(-c2cccc3c2sc2ccccc23)cc(-c2ncnc3c2sc2ccc(-c4cccc(-n5c6ccccc6c6c7sc8ccccc8c7ccc65)c4)cc23)c1. The van der Waals surface area contributed by atoms with E-state index in [4.69, 9.17) is 9.97 Å². The van der Waals surface area contributed by atoms with Crippen molar-refractivity contribution in [3.8, 4) is 39.2 Å². The lowest BCUT2D eigenvalue weighted by Crippen LogP contribution is -1.94. The van der Waals surface area contributed by atoms with Crippen molar-refractivity contribution in [2.75, 3.05) is 0 Å². The number of rotatable bonds is 4. The van der Waals surface area contributed by atoms with Gasteiger partial charge in [-0.2, -0.15) is 0 Å². The molecule has 6 heteroatoms. The molecule has 0 bridgehead atoms. The van der Waals surface area contributed by atoms with Crippen molar-refractivity contribution in [3.05, 3.63) is 176 Å². The molecule has 0 amide bonds. The van der Waals surface area contributed by atoms with Crippen molar-refractivity contribution >= 4 is 116 Å². The lowest BCUT2D eigenvalue weighted by atomic mass is 9.99.